The number of piperazine rings is 1. The van der Waals surface area contributed by atoms with E-state index >= 15 is 0 Å². The second-order valence-electron chi connectivity index (χ2n) is 6.24. The number of hydrogen-bond donors (Lipinski definition) is 1. The van der Waals surface area contributed by atoms with Crippen LogP contribution in [0.5, 0.6) is 0 Å². The molecule has 0 aromatic rings. The molecular formula is C15H26N2O2. The van der Waals surface area contributed by atoms with Crippen molar-refractivity contribution in [3.8, 4) is 0 Å². The average Bonchev–Trinajstić information content (AvgIpc) is 3.17. The number of hydrogen-bond acceptors (Lipinski definition) is 2. The van der Waals surface area contributed by atoms with Crippen LogP contribution < -0.4 is 5.32 Å². The van der Waals surface area contributed by atoms with Crippen LogP contribution in [0.25, 0.3) is 0 Å². The lowest BCUT2D eigenvalue weighted by Crippen LogP contribution is -2.71. The van der Waals surface area contributed by atoms with E-state index in [2.05, 4.69) is 19.2 Å². The maximum absolute atomic E-state index is 12.9. The molecule has 0 aromatic heterocycles. The number of nitrogens with one attached hydrogen (secondary N) is 1. The molecule has 108 valence electrons. The van der Waals surface area contributed by atoms with Gasteiger partial charge in [-0.1, -0.05) is 20.3 Å². The molecule has 0 radical (unpaired) electrons. The van der Waals surface area contributed by atoms with Crippen molar-refractivity contribution in [3.05, 3.63) is 0 Å². The Morgan fingerprint density at radius 1 is 1.37 bits per heavy atom. The van der Waals surface area contributed by atoms with E-state index in [-0.39, 0.29) is 23.9 Å². The van der Waals surface area contributed by atoms with Crippen LogP contribution in [0, 0.1) is 5.92 Å². The largest absolute Gasteiger partial charge is 0.340 e. The molecule has 19 heavy (non-hydrogen) atoms. The second-order valence-corrected chi connectivity index (χ2v) is 6.24. The van der Waals surface area contributed by atoms with Gasteiger partial charge < -0.3 is 10.2 Å². The van der Waals surface area contributed by atoms with Gasteiger partial charge >= 0.3 is 0 Å². The van der Waals surface area contributed by atoms with Gasteiger partial charge in [0.25, 0.3) is 0 Å². The molecule has 1 N–H and O–H groups in total. The second kappa shape index (κ2) is 5.14. The summed E-state index contributed by atoms with van der Waals surface area (Å²) >= 11 is 0. The first-order chi connectivity index (χ1) is 8.95. The minimum Gasteiger partial charge on any atom is -0.340 e. The van der Waals surface area contributed by atoms with Gasteiger partial charge in [-0.2, -0.15) is 0 Å². The molecule has 3 atom stereocenters. The number of rotatable bonds is 5. The Kier molecular flexibility index (Phi) is 3.88. The topological polar surface area (TPSA) is 49.4 Å². The molecule has 0 spiro atoms. The molecule has 3 unspecified atom stereocenters. The zero-order valence-electron chi connectivity index (χ0n) is 12.5. The Bertz CT molecular complexity index is 378. The summed E-state index contributed by atoms with van der Waals surface area (Å²) in [5, 5.41) is 3.00. The quantitative estimate of drug-likeness (QED) is 0.828. The molecule has 4 nitrogen and oxygen atoms in total. The molecular weight excluding hydrogens is 240 g/mol. The molecule has 2 amide bonds. The molecule has 1 saturated heterocycles. The normalized spacial score (nSPS) is 33.3. The molecule has 2 fully saturated rings. The Balaban J connectivity index is 2.28. The summed E-state index contributed by atoms with van der Waals surface area (Å²) in [6.45, 7) is 8.06. The van der Waals surface area contributed by atoms with Crippen LogP contribution in [0.4, 0.5) is 0 Å². The average molecular weight is 266 g/mol. The van der Waals surface area contributed by atoms with Gasteiger partial charge in [0, 0.05) is 6.04 Å². The lowest BCUT2D eigenvalue weighted by molar-refractivity contribution is -0.158. The number of nitrogens with zero attached hydrogens (tertiary/aromatic N) is 1. The third-order valence-corrected chi connectivity index (χ3v) is 4.66. The van der Waals surface area contributed by atoms with Gasteiger partial charge in [0.2, 0.25) is 11.8 Å². The van der Waals surface area contributed by atoms with E-state index in [1.807, 2.05) is 18.7 Å². The van der Waals surface area contributed by atoms with Gasteiger partial charge in [-0.15, -0.1) is 0 Å². The van der Waals surface area contributed by atoms with E-state index in [0.717, 1.165) is 25.7 Å². The molecule has 1 aliphatic carbocycles. The van der Waals surface area contributed by atoms with Crippen molar-refractivity contribution in [1.82, 2.24) is 10.2 Å². The molecule has 4 heteroatoms. The lowest BCUT2D eigenvalue weighted by atomic mass is 9.87. The van der Waals surface area contributed by atoms with Gasteiger partial charge in [0.15, 0.2) is 0 Å². The maximum atomic E-state index is 12.9. The molecule has 2 rings (SSSR count). The first-order valence-electron chi connectivity index (χ1n) is 7.60. The van der Waals surface area contributed by atoms with Crippen LogP contribution in [0.2, 0.25) is 0 Å². The van der Waals surface area contributed by atoms with Gasteiger partial charge in [-0.25, -0.2) is 0 Å². The number of carbonyl (C=O) groups excluding carboxylic acids is 2. The van der Waals surface area contributed by atoms with Crippen LogP contribution in [0.3, 0.4) is 0 Å². The van der Waals surface area contributed by atoms with Crippen molar-refractivity contribution in [2.24, 2.45) is 5.92 Å². The summed E-state index contributed by atoms with van der Waals surface area (Å²) in [6, 6.07) is -0.146. The highest BCUT2D eigenvalue weighted by Gasteiger charge is 2.55. The predicted molar refractivity (Wildman–Crippen MR) is 74.6 cm³/mol. The van der Waals surface area contributed by atoms with Gasteiger partial charge in [-0.3, -0.25) is 9.59 Å². The summed E-state index contributed by atoms with van der Waals surface area (Å²) in [7, 11) is 0. The Hall–Kier alpha value is -1.06. The highest BCUT2D eigenvalue weighted by molar-refractivity contribution is 6.00. The summed E-state index contributed by atoms with van der Waals surface area (Å²) < 4.78 is 0. The molecule has 1 saturated carbocycles. The SMILES string of the molecule is CCCC(C)N1C(=O)C(C)(C2CC2)NC(=O)C1CC. The van der Waals surface area contributed by atoms with Crippen LogP contribution in [0.15, 0.2) is 0 Å². The highest BCUT2D eigenvalue weighted by Crippen LogP contribution is 2.42. The fourth-order valence-corrected chi connectivity index (χ4v) is 3.31. The summed E-state index contributed by atoms with van der Waals surface area (Å²) in [4.78, 5) is 27.1. The molecule has 0 aromatic carbocycles. The summed E-state index contributed by atoms with van der Waals surface area (Å²) in [5.74, 6) is 0.486. The smallest absolute Gasteiger partial charge is 0.249 e. The van der Waals surface area contributed by atoms with Crippen molar-refractivity contribution >= 4 is 11.8 Å². The molecule has 0 bridgehead atoms. The van der Waals surface area contributed by atoms with E-state index in [1.54, 1.807) is 0 Å². The first kappa shape index (κ1) is 14.4. The first-order valence-corrected chi connectivity index (χ1v) is 7.60. The Labute approximate surface area is 115 Å². The Morgan fingerprint density at radius 3 is 2.47 bits per heavy atom. The zero-order chi connectivity index (χ0) is 14.2. The van der Waals surface area contributed by atoms with Crippen molar-refractivity contribution in [3.63, 3.8) is 0 Å². The van der Waals surface area contributed by atoms with Crippen molar-refractivity contribution in [1.29, 1.82) is 0 Å². The van der Waals surface area contributed by atoms with Crippen molar-refractivity contribution in [2.75, 3.05) is 0 Å². The van der Waals surface area contributed by atoms with E-state index in [0.29, 0.717) is 12.3 Å². The summed E-state index contributed by atoms with van der Waals surface area (Å²) in [5.41, 5.74) is -0.662. The third kappa shape index (κ3) is 2.37. The van der Waals surface area contributed by atoms with E-state index in [4.69, 9.17) is 0 Å². The molecule has 1 heterocycles. The predicted octanol–water partition coefficient (Wildman–Crippen LogP) is 2.08. The van der Waals surface area contributed by atoms with E-state index in [9.17, 15) is 9.59 Å². The lowest BCUT2D eigenvalue weighted by Gasteiger charge is -2.47. The van der Waals surface area contributed by atoms with E-state index < -0.39 is 5.54 Å². The standard InChI is InChI=1S/C15H26N2O2/c1-5-7-10(3)17-12(6-2)13(18)16-15(4,14(17)19)11-8-9-11/h10-12H,5-9H2,1-4H3,(H,16,18). The molecule has 1 aliphatic heterocycles. The van der Waals surface area contributed by atoms with Crippen molar-refractivity contribution in [2.45, 2.75) is 77.4 Å². The van der Waals surface area contributed by atoms with Crippen LogP contribution >= 0.6 is 0 Å². The fraction of sp³-hybridized carbons (Fsp3) is 0.867. The number of amides is 2. The third-order valence-electron chi connectivity index (χ3n) is 4.66. The van der Waals surface area contributed by atoms with Crippen molar-refractivity contribution < 1.29 is 9.59 Å². The minimum atomic E-state index is -0.662. The summed E-state index contributed by atoms with van der Waals surface area (Å²) in [6.07, 6.45) is 4.77. The van der Waals surface area contributed by atoms with E-state index in [1.165, 1.54) is 0 Å². The maximum Gasteiger partial charge on any atom is 0.249 e. The zero-order valence-corrected chi connectivity index (χ0v) is 12.5. The van der Waals surface area contributed by atoms with Gasteiger partial charge in [0.05, 0.1) is 0 Å². The molecule has 2 aliphatic rings. The minimum absolute atomic E-state index is 0.0273. The fourth-order valence-electron chi connectivity index (χ4n) is 3.31. The van der Waals surface area contributed by atoms with Crippen LogP contribution in [-0.2, 0) is 9.59 Å². The van der Waals surface area contributed by atoms with Crippen LogP contribution in [0.1, 0.15) is 59.8 Å². The number of carbonyl (C=O) groups is 2. The van der Waals surface area contributed by atoms with Gasteiger partial charge in [0.1, 0.15) is 11.6 Å². The van der Waals surface area contributed by atoms with Crippen LogP contribution in [-0.4, -0.2) is 34.3 Å². The Morgan fingerprint density at radius 2 is 2.00 bits per heavy atom. The monoisotopic (exact) mass is 266 g/mol. The van der Waals surface area contributed by atoms with Gasteiger partial charge in [-0.05, 0) is 45.4 Å². The highest BCUT2D eigenvalue weighted by atomic mass is 16.2.